The van der Waals surface area contributed by atoms with E-state index in [1.165, 1.54) is 11.1 Å². The van der Waals surface area contributed by atoms with E-state index in [-0.39, 0.29) is 11.8 Å². The number of anilines is 1. The van der Waals surface area contributed by atoms with Gasteiger partial charge in [-0.05, 0) is 67.1 Å². The van der Waals surface area contributed by atoms with Crippen molar-refractivity contribution in [1.29, 1.82) is 0 Å². The second-order valence-electron chi connectivity index (χ2n) is 11.1. The van der Waals surface area contributed by atoms with Gasteiger partial charge in [-0.15, -0.1) is 6.42 Å². The maximum atomic E-state index is 13.7. The molecule has 0 aromatic heterocycles. The monoisotopic (exact) mass is 534 g/mol. The first-order valence-electron chi connectivity index (χ1n) is 14.1. The molecular formula is C34H38N4O2. The Hall–Kier alpha value is -4.08. The smallest absolute Gasteiger partial charge is 0.254 e. The number of amides is 2. The second-order valence-corrected chi connectivity index (χ2v) is 11.1. The molecule has 2 fully saturated rings. The Balaban J connectivity index is 1.26. The molecule has 6 heteroatoms. The number of nitrogens with two attached hydrogens (primary N) is 1. The van der Waals surface area contributed by atoms with E-state index in [1.807, 2.05) is 60.4 Å². The van der Waals surface area contributed by atoms with E-state index in [1.54, 1.807) is 0 Å². The molecule has 6 nitrogen and oxygen atoms in total. The van der Waals surface area contributed by atoms with Crippen LogP contribution in [0.3, 0.4) is 0 Å². The second kappa shape index (κ2) is 11.6. The first-order valence-corrected chi connectivity index (χ1v) is 14.1. The number of carbonyl (C=O) groups is 2. The lowest BCUT2D eigenvalue weighted by Gasteiger charge is -2.40. The van der Waals surface area contributed by atoms with Crippen LogP contribution in [-0.4, -0.2) is 60.9 Å². The highest BCUT2D eigenvalue weighted by Crippen LogP contribution is 2.36. The predicted molar refractivity (Wildman–Crippen MR) is 160 cm³/mol. The van der Waals surface area contributed by atoms with Crippen LogP contribution in [0.4, 0.5) is 5.69 Å². The summed E-state index contributed by atoms with van der Waals surface area (Å²) in [4.78, 5) is 33.0. The van der Waals surface area contributed by atoms with Crippen LogP contribution in [0.25, 0.3) is 0 Å². The summed E-state index contributed by atoms with van der Waals surface area (Å²) in [6, 6.07) is 22.1. The lowest BCUT2D eigenvalue weighted by Crippen LogP contribution is -2.51. The molecule has 2 amide bonds. The van der Waals surface area contributed by atoms with Crippen LogP contribution in [0.2, 0.25) is 0 Å². The van der Waals surface area contributed by atoms with Crippen molar-refractivity contribution in [3.05, 3.63) is 100 Å². The average molecular weight is 535 g/mol. The fourth-order valence-corrected chi connectivity index (χ4v) is 6.25. The zero-order chi connectivity index (χ0) is 28.3. The van der Waals surface area contributed by atoms with Gasteiger partial charge >= 0.3 is 0 Å². The number of nitrogens with zero attached hydrogens (tertiary/aromatic N) is 3. The number of piperazine rings is 1. The third kappa shape index (κ3) is 5.35. The van der Waals surface area contributed by atoms with E-state index >= 15 is 0 Å². The Morgan fingerprint density at radius 3 is 2.17 bits per heavy atom. The van der Waals surface area contributed by atoms with Crippen LogP contribution in [0, 0.1) is 26.2 Å². The van der Waals surface area contributed by atoms with Crippen molar-refractivity contribution < 1.29 is 9.59 Å². The van der Waals surface area contributed by atoms with Gasteiger partial charge in [-0.2, -0.15) is 0 Å². The molecule has 206 valence electrons. The summed E-state index contributed by atoms with van der Waals surface area (Å²) in [7, 11) is 0. The molecule has 2 saturated heterocycles. The molecule has 0 bridgehead atoms. The Labute approximate surface area is 237 Å². The lowest BCUT2D eigenvalue weighted by molar-refractivity contribution is -0.125. The number of hydrogen-bond acceptors (Lipinski definition) is 4. The van der Waals surface area contributed by atoms with Crippen molar-refractivity contribution in [2.24, 2.45) is 5.73 Å². The molecule has 0 aliphatic carbocycles. The highest BCUT2D eigenvalue weighted by molar-refractivity contribution is 5.96. The summed E-state index contributed by atoms with van der Waals surface area (Å²) in [6.45, 7) is 9.60. The van der Waals surface area contributed by atoms with Gasteiger partial charge in [0.15, 0.2) is 0 Å². The third-order valence-corrected chi connectivity index (χ3v) is 8.78. The average Bonchev–Trinajstić information content (AvgIpc) is 2.99. The largest absolute Gasteiger partial charge is 0.369 e. The van der Waals surface area contributed by atoms with Crippen molar-refractivity contribution in [2.75, 3.05) is 44.2 Å². The van der Waals surface area contributed by atoms with Gasteiger partial charge in [0.2, 0.25) is 5.91 Å². The van der Waals surface area contributed by atoms with E-state index in [2.05, 4.69) is 40.8 Å². The number of terminal acetylenes is 1. The number of primary amides is 1. The molecule has 2 aliphatic rings. The fraction of sp³-hybridized carbons (Fsp3) is 0.353. The van der Waals surface area contributed by atoms with E-state index in [9.17, 15) is 9.59 Å². The summed E-state index contributed by atoms with van der Waals surface area (Å²) in [5.41, 5.74) is 12.3. The summed E-state index contributed by atoms with van der Waals surface area (Å²) in [5, 5.41) is 0. The van der Waals surface area contributed by atoms with Gasteiger partial charge < -0.3 is 15.5 Å². The molecule has 40 heavy (non-hydrogen) atoms. The molecular weight excluding hydrogens is 496 g/mol. The topological polar surface area (TPSA) is 69.9 Å². The lowest BCUT2D eigenvalue weighted by atomic mass is 9.72. The van der Waals surface area contributed by atoms with Gasteiger partial charge in [0.25, 0.3) is 5.91 Å². The Kier molecular flexibility index (Phi) is 7.95. The molecule has 0 spiro atoms. The van der Waals surface area contributed by atoms with Gasteiger partial charge in [0, 0.05) is 56.9 Å². The highest BCUT2D eigenvalue weighted by atomic mass is 16.2. The Morgan fingerprint density at radius 2 is 1.52 bits per heavy atom. The molecule has 0 atom stereocenters. The minimum atomic E-state index is -0.728. The normalized spacial score (nSPS) is 17.3. The Morgan fingerprint density at radius 1 is 0.875 bits per heavy atom. The highest BCUT2D eigenvalue weighted by Gasteiger charge is 2.42. The third-order valence-electron chi connectivity index (χ3n) is 8.78. The van der Waals surface area contributed by atoms with Crippen molar-refractivity contribution in [3.8, 4) is 12.3 Å². The number of benzene rings is 3. The van der Waals surface area contributed by atoms with Crippen LogP contribution >= 0.6 is 0 Å². The predicted octanol–water partition coefficient (Wildman–Crippen LogP) is 4.27. The quantitative estimate of drug-likeness (QED) is 0.480. The molecule has 3 aromatic rings. The zero-order valence-corrected chi connectivity index (χ0v) is 23.5. The summed E-state index contributed by atoms with van der Waals surface area (Å²) < 4.78 is 0. The van der Waals surface area contributed by atoms with Crippen LogP contribution in [0.1, 0.15) is 51.0 Å². The van der Waals surface area contributed by atoms with Gasteiger partial charge in [-0.1, -0.05) is 54.5 Å². The van der Waals surface area contributed by atoms with Crippen LogP contribution in [-0.2, 0) is 16.8 Å². The molecule has 0 unspecified atom stereocenters. The van der Waals surface area contributed by atoms with E-state index in [4.69, 9.17) is 12.2 Å². The number of rotatable bonds is 6. The number of aryl methyl sites for hydroxylation is 2. The standard InChI is InChI=1S/C34H38N4O2/c1-4-27-10-8-9-13-31(27)37-20-18-36(19-21-37)24-28-23-30(26(3)22-25(28)2)32(39)38-16-14-34(15-17-38,33(35)40)29-11-6-5-7-12-29/h1,5-13,22-23H,14-21,24H2,2-3H3,(H2,35,40). The van der Waals surface area contributed by atoms with Crippen LogP contribution < -0.4 is 10.6 Å². The van der Waals surface area contributed by atoms with Crippen molar-refractivity contribution in [1.82, 2.24) is 9.80 Å². The van der Waals surface area contributed by atoms with E-state index in [0.29, 0.717) is 25.9 Å². The first kappa shape index (κ1) is 27.5. The zero-order valence-electron chi connectivity index (χ0n) is 23.5. The number of hydrogen-bond donors (Lipinski definition) is 1. The number of para-hydroxylation sites is 1. The van der Waals surface area contributed by atoms with Gasteiger partial charge in [0.05, 0.1) is 11.1 Å². The fourth-order valence-electron chi connectivity index (χ4n) is 6.25. The van der Waals surface area contributed by atoms with Crippen LogP contribution in [0.5, 0.6) is 0 Å². The summed E-state index contributed by atoms with van der Waals surface area (Å²) in [5.74, 6) is 2.52. The maximum Gasteiger partial charge on any atom is 0.254 e. The van der Waals surface area contributed by atoms with Crippen LogP contribution in [0.15, 0.2) is 66.7 Å². The van der Waals surface area contributed by atoms with Crippen molar-refractivity contribution in [3.63, 3.8) is 0 Å². The Bertz CT molecular complexity index is 1430. The first-order chi connectivity index (χ1) is 19.3. The minimum Gasteiger partial charge on any atom is -0.369 e. The SMILES string of the molecule is C#Cc1ccccc1N1CCN(Cc2cc(C(=O)N3CCC(C(N)=O)(c4ccccc4)CC3)c(C)cc2C)CC1. The van der Waals surface area contributed by atoms with Crippen molar-refractivity contribution >= 4 is 17.5 Å². The molecule has 2 N–H and O–H groups in total. The van der Waals surface area contributed by atoms with Gasteiger partial charge in [0.1, 0.15) is 0 Å². The van der Waals surface area contributed by atoms with E-state index in [0.717, 1.165) is 60.7 Å². The molecule has 5 rings (SSSR count). The van der Waals surface area contributed by atoms with Crippen molar-refractivity contribution in [2.45, 2.75) is 38.6 Å². The summed E-state index contributed by atoms with van der Waals surface area (Å²) in [6.07, 6.45) is 6.78. The molecule has 3 aromatic carbocycles. The molecule has 2 heterocycles. The maximum absolute atomic E-state index is 13.7. The van der Waals surface area contributed by atoms with Gasteiger partial charge in [-0.3, -0.25) is 14.5 Å². The molecule has 2 aliphatic heterocycles. The van der Waals surface area contributed by atoms with E-state index < -0.39 is 5.41 Å². The molecule has 0 saturated carbocycles. The minimum absolute atomic E-state index is 0.0283. The summed E-state index contributed by atoms with van der Waals surface area (Å²) >= 11 is 0. The number of likely N-dealkylation sites (tertiary alicyclic amines) is 1. The number of piperidine rings is 1. The van der Waals surface area contributed by atoms with Gasteiger partial charge in [-0.25, -0.2) is 0 Å². The molecule has 0 radical (unpaired) electrons. The number of carbonyl (C=O) groups excluding carboxylic acids is 2.